The van der Waals surface area contributed by atoms with Crippen LogP contribution in [0.25, 0.3) is 6.08 Å². The average molecular weight is 420 g/mol. The molecule has 4 nitrogen and oxygen atoms in total. The van der Waals surface area contributed by atoms with Gasteiger partial charge in [0.15, 0.2) is 0 Å². The number of aryl methyl sites for hydroxylation is 1. The normalized spacial score (nSPS) is 10.9. The lowest BCUT2D eigenvalue weighted by Gasteiger charge is -2.09. The molecule has 1 N–H and O–H groups in total. The number of rotatable bonds is 5. The van der Waals surface area contributed by atoms with E-state index < -0.39 is 5.91 Å². The summed E-state index contributed by atoms with van der Waals surface area (Å²) < 4.78 is 5.98. The summed E-state index contributed by atoms with van der Waals surface area (Å²) in [6.07, 6.45) is 2.37. The Morgan fingerprint density at radius 3 is 2.60 bits per heavy atom. The number of amides is 1. The van der Waals surface area contributed by atoms with Gasteiger partial charge in [-0.2, -0.15) is 5.26 Å². The van der Waals surface area contributed by atoms with E-state index in [0.717, 1.165) is 10.9 Å². The molecule has 6 heteroatoms. The van der Waals surface area contributed by atoms with E-state index in [0.29, 0.717) is 22.0 Å². The summed E-state index contributed by atoms with van der Waals surface area (Å²) in [4.78, 5) is 12.4. The summed E-state index contributed by atoms with van der Waals surface area (Å²) in [5, 5.41) is 12.5. The quantitative estimate of drug-likeness (QED) is 0.534. The first kappa shape index (κ1) is 19.0. The van der Waals surface area contributed by atoms with Gasteiger partial charge in [-0.15, -0.1) is 0 Å². The zero-order valence-corrected chi connectivity index (χ0v) is 16.1. The Hall–Kier alpha value is -2.29. The SMILES string of the molecule is CCc1ccc(NC(=O)/C(C#N)=C/c2cc(Br)cc(Cl)c2OC)cc1. The summed E-state index contributed by atoms with van der Waals surface area (Å²) in [6, 6.07) is 12.8. The van der Waals surface area contributed by atoms with Crippen LogP contribution in [0.4, 0.5) is 5.69 Å². The second-order valence-electron chi connectivity index (χ2n) is 5.18. The van der Waals surface area contributed by atoms with Crippen LogP contribution in [0.15, 0.2) is 46.4 Å². The number of nitriles is 1. The van der Waals surface area contributed by atoms with E-state index >= 15 is 0 Å². The van der Waals surface area contributed by atoms with Crippen molar-refractivity contribution in [2.45, 2.75) is 13.3 Å². The van der Waals surface area contributed by atoms with Crippen LogP contribution in [-0.4, -0.2) is 13.0 Å². The molecule has 0 aliphatic carbocycles. The fraction of sp³-hybridized carbons (Fsp3) is 0.158. The van der Waals surface area contributed by atoms with Gasteiger partial charge in [0.2, 0.25) is 0 Å². The number of ether oxygens (including phenoxy) is 1. The van der Waals surface area contributed by atoms with Crippen LogP contribution in [0.2, 0.25) is 5.02 Å². The fourth-order valence-electron chi connectivity index (χ4n) is 2.23. The van der Waals surface area contributed by atoms with E-state index in [-0.39, 0.29) is 5.57 Å². The number of methoxy groups -OCH3 is 1. The number of carbonyl (C=O) groups is 1. The molecular weight excluding hydrogens is 404 g/mol. The monoisotopic (exact) mass is 418 g/mol. The number of halogens is 2. The molecule has 0 aliphatic heterocycles. The van der Waals surface area contributed by atoms with E-state index in [4.69, 9.17) is 16.3 Å². The first-order chi connectivity index (χ1) is 12.0. The molecule has 0 bridgehead atoms. The van der Waals surface area contributed by atoms with Crippen LogP contribution >= 0.6 is 27.5 Å². The molecule has 2 aromatic carbocycles. The molecule has 25 heavy (non-hydrogen) atoms. The molecule has 0 aromatic heterocycles. The van der Waals surface area contributed by atoms with Crippen molar-refractivity contribution in [1.29, 1.82) is 5.26 Å². The fourth-order valence-corrected chi connectivity index (χ4v) is 3.14. The minimum absolute atomic E-state index is 0.0490. The molecule has 0 heterocycles. The lowest BCUT2D eigenvalue weighted by molar-refractivity contribution is -0.112. The molecule has 0 saturated heterocycles. The number of hydrogen-bond donors (Lipinski definition) is 1. The van der Waals surface area contributed by atoms with E-state index in [2.05, 4.69) is 28.2 Å². The smallest absolute Gasteiger partial charge is 0.266 e. The molecule has 0 spiro atoms. The zero-order chi connectivity index (χ0) is 18.4. The van der Waals surface area contributed by atoms with Crippen LogP contribution in [0.5, 0.6) is 5.75 Å². The van der Waals surface area contributed by atoms with Gasteiger partial charge in [0, 0.05) is 15.7 Å². The van der Waals surface area contributed by atoms with Crippen LogP contribution in [0.1, 0.15) is 18.1 Å². The summed E-state index contributed by atoms with van der Waals surface area (Å²) in [5.41, 5.74) is 2.28. The Bertz CT molecular complexity index is 855. The largest absolute Gasteiger partial charge is 0.495 e. The molecule has 0 fully saturated rings. The van der Waals surface area contributed by atoms with Gasteiger partial charge in [0.25, 0.3) is 5.91 Å². The minimum Gasteiger partial charge on any atom is -0.495 e. The second-order valence-corrected chi connectivity index (χ2v) is 6.51. The van der Waals surface area contributed by atoms with E-state index in [1.165, 1.54) is 18.7 Å². The van der Waals surface area contributed by atoms with Gasteiger partial charge in [-0.1, -0.05) is 46.6 Å². The lowest BCUT2D eigenvalue weighted by Crippen LogP contribution is -2.13. The average Bonchev–Trinajstić information content (AvgIpc) is 2.59. The predicted molar refractivity (Wildman–Crippen MR) is 104 cm³/mol. The highest BCUT2D eigenvalue weighted by Crippen LogP contribution is 2.33. The molecule has 0 atom stereocenters. The van der Waals surface area contributed by atoms with Gasteiger partial charge in [-0.3, -0.25) is 4.79 Å². The Balaban J connectivity index is 2.31. The molecule has 0 radical (unpaired) electrons. The maximum absolute atomic E-state index is 12.4. The van der Waals surface area contributed by atoms with Crippen molar-refractivity contribution >= 4 is 45.2 Å². The van der Waals surface area contributed by atoms with Crippen LogP contribution in [0, 0.1) is 11.3 Å². The van der Waals surface area contributed by atoms with Gasteiger partial charge in [0.1, 0.15) is 17.4 Å². The number of anilines is 1. The number of hydrogen-bond acceptors (Lipinski definition) is 3. The van der Waals surface area contributed by atoms with E-state index in [1.54, 1.807) is 12.1 Å². The third-order valence-corrected chi connectivity index (χ3v) is 4.26. The molecule has 2 aromatic rings. The lowest BCUT2D eigenvalue weighted by atomic mass is 10.1. The summed E-state index contributed by atoms with van der Waals surface area (Å²) in [5.74, 6) is -0.0948. The number of nitrogens with one attached hydrogen (secondary N) is 1. The first-order valence-electron chi connectivity index (χ1n) is 7.53. The highest BCUT2D eigenvalue weighted by atomic mass is 79.9. The van der Waals surface area contributed by atoms with Crippen molar-refractivity contribution < 1.29 is 9.53 Å². The number of nitrogens with zero attached hydrogens (tertiary/aromatic N) is 1. The second kappa shape index (κ2) is 8.70. The van der Waals surface area contributed by atoms with Crippen molar-refractivity contribution in [2.24, 2.45) is 0 Å². The predicted octanol–water partition coefficient (Wildman–Crippen LogP) is 5.22. The maximum Gasteiger partial charge on any atom is 0.266 e. The van der Waals surface area contributed by atoms with E-state index in [1.807, 2.05) is 30.3 Å². The standard InChI is InChI=1S/C19H16BrClN2O2/c1-3-12-4-6-16(7-5-12)23-19(24)14(11-22)8-13-9-15(20)10-17(21)18(13)25-2/h4-10H,3H2,1-2H3,(H,23,24)/b14-8+. The zero-order valence-electron chi connectivity index (χ0n) is 13.8. The number of carbonyl (C=O) groups excluding carboxylic acids is 1. The van der Waals surface area contributed by atoms with Crippen molar-refractivity contribution in [2.75, 3.05) is 12.4 Å². The van der Waals surface area contributed by atoms with Gasteiger partial charge in [-0.25, -0.2) is 0 Å². The van der Waals surface area contributed by atoms with Crippen LogP contribution in [-0.2, 0) is 11.2 Å². The third-order valence-electron chi connectivity index (χ3n) is 3.53. The molecular formula is C19H16BrClN2O2. The highest BCUT2D eigenvalue weighted by molar-refractivity contribution is 9.10. The third kappa shape index (κ3) is 4.85. The van der Waals surface area contributed by atoms with Crippen molar-refractivity contribution in [3.63, 3.8) is 0 Å². The first-order valence-corrected chi connectivity index (χ1v) is 8.70. The maximum atomic E-state index is 12.4. The highest BCUT2D eigenvalue weighted by Gasteiger charge is 2.13. The topological polar surface area (TPSA) is 62.1 Å². The molecule has 0 saturated carbocycles. The van der Waals surface area contributed by atoms with Crippen molar-refractivity contribution in [1.82, 2.24) is 0 Å². The molecule has 0 unspecified atom stereocenters. The molecule has 128 valence electrons. The molecule has 2 rings (SSSR count). The Morgan fingerprint density at radius 1 is 1.36 bits per heavy atom. The summed E-state index contributed by atoms with van der Waals surface area (Å²) in [7, 11) is 1.48. The number of benzene rings is 2. The van der Waals surface area contributed by atoms with E-state index in [9.17, 15) is 10.1 Å². The van der Waals surface area contributed by atoms with Gasteiger partial charge < -0.3 is 10.1 Å². The van der Waals surface area contributed by atoms with Gasteiger partial charge >= 0.3 is 0 Å². The molecule has 1 amide bonds. The van der Waals surface area contributed by atoms with Crippen molar-refractivity contribution in [3.05, 3.63) is 62.6 Å². The molecule has 0 aliphatic rings. The van der Waals surface area contributed by atoms with Crippen molar-refractivity contribution in [3.8, 4) is 11.8 Å². The van der Waals surface area contributed by atoms with Crippen LogP contribution in [0.3, 0.4) is 0 Å². The van der Waals surface area contributed by atoms with Gasteiger partial charge in [0.05, 0.1) is 12.1 Å². The minimum atomic E-state index is -0.495. The Morgan fingerprint density at radius 2 is 2.04 bits per heavy atom. The van der Waals surface area contributed by atoms with Gasteiger partial charge in [-0.05, 0) is 42.3 Å². The summed E-state index contributed by atoms with van der Waals surface area (Å²) in [6.45, 7) is 2.06. The Labute approximate surface area is 160 Å². The Kier molecular flexibility index (Phi) is 6.63. The summed E-state index contributed by atoms with van der Waals surface area (Å²) >= 11 is 9.47. The van der Waals surface area contributed by atoms with Crippen LogP contribution < -0.4 is 10.1 Å².